The molecule has 2 N–H and O–H groups in total. The van der Waals surface area contributed by atoms with E-state index in [4.69, 9.17) is 0 Å². The average molecular weight is 425 g/mol. The Hall–Kier alpha value is -1.70. The largest absolute Gasteiger partial charge is 0.350 e. The van der Waals surface area contributed by atoms with Gasteiger partial charge >= 0.3 is 0 Å². The van der Waals surface area contributed by atoms with E-state index in [-0.39, 0.29) is 16.8 Å². The molecule has 0 unspecified atom stereocenters. The Bertz CT molecular complexity index is 818. The van der Waals surface area contributed by atoms with E-state index < -0.39 is 10.0 Å². The molecule has 1 atom stereocenters. The molecule has 0 aliphatic heterocycles. The molecule has 0 spiro atoms. The van der Waals surface area contributed by atoms with Crippen LogP contribution in [0.5, 0.6) is 0 Å². The second-order valence-corrected chi connectivity index (χ2v) is 8.49. The molecule has 0 heterocycles. The van der Waals surface area contributed by atoms with Gasteiger partial charge in [0, 0.05) is 10.9 Å². The number of rotatable bonds is 7. The summed E-state index contributed by atoms with van der Waals surface area (Å²) >= 11 is 3.39. The van der Waals surface area contributed by atoms with E-state index >= 15 is 0 Å². The monoisotopic (exact) mass is 424 g/mol. The molecule has 2 aromatic carbocycles. The van der Waals surface area contributed by atoms with E-state index in [9.17, 15) is 13.2 Å². The van der Waals surface area contributed by atoms with Crippen molar-refractivity contribution in [2.45, 2.75) is 30.7 Å². The Morgan fingerprint density at radius 2 is 1.68 bits per heavy atom. The van der Waals surface area contributed by atoms with E-state index in [0.717, 1.165) is 15.6 Å². The standard InChI is InChI=1S/C18H21BrN2O3S/c1-13(15-6-8-16(19)9-7-15)21-18(22)12-5-14-3-10-17(11-4-14)25(23,24)20-2/h3-4,6-11,13,20H,5,12H2,1-2H3,(H,21,22)/t13-/m0/s1. The second-order valence-electron chi connectivity index (χ2n) is 5.69. The Labute approximate surface area is 157 Å². The highest BCUT2D eigenvalue weighted by molar-refractivity contribution is 9.10. The van der Waals surface area contributed by atoms with Crippen molar-refractivity contribution in [3.8, 4) is 0 Å². The molecule has 0 aromatic heterocycles. The third-order valence-electron chi connectivity index (χ3n) is 3.89. The zero-order chi connectivity index (χ0) is 18.4. The van der Waals surface area contributed by atoms with Gasteiger partial charge in [0.05, 0.1) is 10.9 Å². The summed E-state index contributed by atoms with van der Waals surface area (Å²) in [7, 11) is -2.05. The maximum Gasteiger partial charge on any atom is 0.240 e. The third-order valence-corrected chi connectivity index (χ3v) is 5.85. The van der Waals surface area contributed by atoms with E-state index in [1.807, 2.05) is 31.2 Å². The van der Waals surface area contributed by atoms with Crippen LogP contribution in [0.1, 0.15) is 30.5 Å². The molecule has 0 bridgehead atoms. The van der Waals surface area contributed by atoms with Crippen molar-refractivity contribution in [2.75, 3.05) is 7.05 Å². The van der Waals surface area contributed by atoms with Crippen LogP contribution in [0, 0.1) is 0 Å². The van der Waals surface area contributed by atoms with Crippen LogP contribution >= 0.6 is 15.9 Å². The predicted molar refractivity (Wildman–Crippen MR) is 102 cm³/mol. The molecular formula is C18H21BrN2O3S. The van der Waals surface area contributed by atoms with Crippen LogP contribution in [-0.4, -0.2) is 21.4 Å². The molecule has 2 rings (SSSR count). The average Bonchev–Trinajstić information content (AvgIpc) is 2.61. The smallest absolute Gasteiger partial charge is 0.240 e. The minimum absolute atomic E-state index is 0.0395. The van der Waals surface area contributed by atoms with Crippen molar-refractivity contribution in [3.05, 3.63) is 64.1 Å². The van der Waals surface area contributed by atoms with Crippen LogP contribution in [-0.2, 0) is 21.2 Å². The fraction of sp³-hybridized carbons (Fsp3) is 0.278. The molecule has 0 fully saturated rings. The number of carbonyl (C=O) groups is 1. The number of hydrogen-bond acceptors (Lipinski definition) is 3. The first kappa shape index (κ1) is 19.6. The first-order valence-electron chi connectivity index (χ1n) is 7.89. The highest BCUT2D eigenvalue weighted by Gasteiger charge is 2.12. The van der Waals surface area contributed by atoms with Crippen molar-refractivity contribution in [1.29, 1.82) is 0 Å². The maximum atomic E-state index is 12.1. The van der Waals surface area contributed by atoms with E-state index in [2.05, 4.69) is 26.0 Å². The van der Waals surface area contributed by atoms with Gasteiger partial charge in [-0.3, -0.25) is 4.79 Å². The number of halogens is 1. The lowest BCUT2D eigenvalue weighted by atomic mass is 10.1. The Morgan fingerprint density at radius 1 is 1.08 bits per heavy atom. The van der Waals surface area contributed by atoms with E-state index in [1.54, 1.807) is 24.3 Å². The molecule has 0 saturated heterocycles. The summed E-state index contributed by atoms with van der Waals surface area (Å²) in [5.41, 5.74) is 1.96. The summed E-state index contributed by atoms with van der Waals surface area (Å²) in [4.78, 5) is 12.3. The van der Waals surface area contributed by atoms with Crippen molar-refractivity contribution < 1.29 is 13.2 Å². The van der Waals surface area contributed by atoms with Crippen LogP contribution in [0.2, 0.25) is 0 Å². The van der Waals surface area contributed by atoms with Crippen molar-refractivity contribution in [3.63, 3.8) is 0 Å². The number of nitrogens with one attached hydrogen (secondary N) is 2. The molecule has 134 valence electrons. The van der Waals surface area contributed by atoms with Gasteiger partial charge in [-0.25, -0.2) is 13.1 Å². The van der Waals surface area contributed by atoms with Crippen molar-refractivity contribution in [2.24, 2.45) is 0 Å². The van der Waals surface area contributed by atoms with Gasteiger partial charge in [0.25, 0.3) is 0 Å². The lowest BCUT2D eigenvalue weighted by Crippen LogP contribution is -2.26. The summed E-state index contributed by atoms with van der Waals surface area (Å²) in [5, 5.41) is 2.97. The molecule has 1 amide bonds. The molecular weight excluding hydrogens is 404 g/mol. The Morgan fingerprint density at radius 3 is 2.24 bits per heavy atom. The van der Waals surface area contributed by atoms with Gasteiger partial charge in [0.15, 0.2) is 0 Å². The van der Waals surface area contributed by atoms with Gasteiger partial charge in [-0.05, 0) is 55.8 Å². The van der Waals surface area contributed by atoms with Crippen molar-refractivity contribution >= 4 is 31.9 Å². The number of amides is 1. The predicted octanol–water partition coefficient (Wildman–Crippen LogP) is 3.17. The number of sulfonamides is 1. The molecule has 2 aromatic rings. The molecule has 0 saturated carbocycles. The molecule has 0 radical (unpaired) electrons. The molecule has 0 aliphatic rings. The van der Waals surface area contributed by atoms with Gasteiger partial charge in [0.2, 0.25) is 15.9 Å². The quantitative estimate of drug-likeness (QED) is 0.716. The number of aryl methyl sites for hydroxylation is 1. The van der Waals surface area contributed by atoms with Crippen LogP contribution in [0.3, 0.4) is 0 Å². The van der Waals surface area contributed by atoms with E-state index in [1.165, 1.54) is 7.05 Å². The zero-order valence-electron chi connectivity index (χ0n) is 14.1. The summed E-state index contributed by atoms with van der Waals surface area (Å²) in [5.74, 6) is -0.0395. The van der Waals surface area contributed by atoms with Gasteiger partial charge in [0.1, 0.15) is 0 Å². The summed E-state index contributed by atoms with van der Waals surface area (Å²) < 4.78 is 26.6. The van der Waals surface area contributed by atoms with Gasteiger partial charge in [-0.15, -0.1) is 0 Å². The summed E-state index contributed by atoms with van der Waals surface area (Å²) in [6, 6.07) is 14.3. The minimum Gasteiger partial charge on any atom is -0.350 e. The van der Waals surface area contributed by atoms with Gasteiger partial charge < -0.3 is 5.32 Å². The fourth-order valence-corrected chi connectivity index (χ4v) is 3.35. The van der Waals surface area contributed by atoms with Crippen LogP contribution < -0.4 is 10.0 Å². The number of benzene rings is 2. The first-order chi connectivity index (χ1) is 11.8. The third kappa shape index (κ3) is 5.66. The van der Waals surface area contributed by atoms with E-state index in [0.29, 0.717) is 12.8 Å². The van der Waals surface area contributed by atoms with Gasteiger partial charge in [-0.1, -0.05) is 40.2 Å². The molecule has 7 heteroatoms. The Balaban J connectivity index is 1.88. The summed E-state index contributed by atoms with van der Waals surface area (Å²) in [6.45, 7) is 1.94. The lowest BCUT2D eigenvalue weighted by Gasteiger charge is -2.14. The minimum atomic E-state index is -3.43. The maximum absolute atomic E-state index is 12.1. The van der Waals surface area contributed by atoms with Crippen LogP contribution in [0.25, 0.3) is 0 Å². The van der Waals surface area contributed by atoms with Crippen molar-refractivity contribution in [1.82, 2.24) is 10.0 Å². The lowest BCUT2D eigenvalue weighted by molar-refractivity contribution is -0.121. The second kappa shape index (κ2) is 8.60. The Kier molecular flexibility index (Phi) is 6.75. The van der Waals surface area contributed by atoms with Crippen LogP contribution in [0.15, 0.2) is 57.9 Å². The zero-order valence-corrected chi connectivity index (χ0v) is 16.5. The number of hydrogen-bond donors (Lipinski definition) is 2. The number of carbonyl (C=O) groups excluding carboxylic acids is 1. The highest BCUT2D eigenvalue weighted by Crippen LogP contribution is 2.17. The SMILES string of the molecule is CNS(=O)(=O)c1ccc(CCC(=O)N[C@@H](C)c2ccc(Br)cc2)cc1. The van der Waals surface area contributed by atoms with Gasteiger partial charge in [-0.2, -0.15) is 0 Å². The first-order valence-corrected chi connectivity index (χ1v) is 10.2. The highest BCUT2D eigenvalue weighted by atomic mass is 79.9. The molecule has 5 nitrogen and oxygen atoms in total. The topological polar surface area (TPSA) is 75.3 Å². The summed E-state index contributed by atoms with van der Waals surface area (Å²) in [6.07, 6.45) is 0.901. The molecule has 0 aliphatic carbocycles. The van der Waals surface area contributed by atoms with Crippen LogP contribution in [0.4, 0.5) is 0 Å². The molecule has 25 heavy (non-hydrogen) atoms. The fourth-order valence-electron chi connectivity index (χ4n) is 2.36. The normalized spacial score (nSPS) is 12.6.